The minimum absolute atomic E-state index is 0.0925. The summed E-state index contributed by atoms with van der Waals surface area (Å²) in [6.45, 7) is 2.47. The first-order valence-electron chi connectivity index (χ1n) is 8.37. The highest BCUT2D eigenvalue weighted by Crippen LogP contribution is 2.31. The predicted molar refractivity (Wildman–Crippen MR) is 109 cm³/mol. The second-order valence-corrected chi connectivity index (χ2v) is 7.50. The fraction of sp³-hybridized carbons (Fsp3) is 0.263. The minimum Gasteiger partial charge on any atom is -0.374 e. The molecule has 1 aliphatic rings. The number of anilines is 3. The van der Waals surface area contributed by atoms with Crippen molar-refractivity contribution in [3.05, 3.63) is 52.0 Å². The quantitative estimate of drug-likeness (QED) is 0.716. The van der Waals surface area contributed by atoms with E-state index in [0.717, 1.165) is 22.3 Å². The molecule has 2 amide bonds. The number of carbonyl (C=O) groups is 2. The van der Waals surface area contributed by atoms with Gasteiger partial charge in [-0.3, -0.25) is 9.59 Å². The number of hydrogen-bond acceptors (Lipinski definition) is 3. The summed E-state index contributed by atoms with van der Waals surface area (Å²) in [6.07, 6.45) is 1.41. The number of amides is 2. The van der Waals surface area contributed by atoms with Gasteiger partial charge in [-0.05, 0) is 55.8 Å². The molecule has 26 heavy (non-hydrogen) atoms. The molecule has 1 fully saturated rings. The van der Waals surface area contributed by atoms with Gasteiger partial charge in [-0.25, -0.2) is 0 Å². The largest absolute Gasteiger partial charge is 0.374 e. The summed E-state index contributed by atoms with van der Waals surface area (Å²) < 4.78 is 0.952. The zero-order valence-corrected chi connectivity index (χ0v) is 16.6. The van der Waals surface area contributed by atoms with Gasteiger partial charge in [-0.15, -0.1) is 0 Å². The minimum atomic E-state index is -0.450. The van der Waals surface area contributed by atoms with E-state index in [1.165, 1.54) is 0 Å². The van der Waals surface area contributed by atoms with Crippen LogP contribution in [0, 0.1) is 0 Å². The molecular weight excluding hydrogens is 418 g/mol. The van der Waals surface area contributed by atoms with Crippen molar-refractivity contribution < 1.29 is 9.59 Å². The molecule has 2 aromatic rings. The molecule has 5 nitrogen and oxygen atoms in total. The summed E-state index contributed by atoms with van der Waals surface area (Å²) in [5, 5.41) is 6.48. The molecule has 2 aromatic carbocycles. The van der Waals surface area contributed by atoms with E-state index in [9.17, 15) is 9.59 Å². The lowest BCUT2D eigenvalue weighted by Gasteiger charge is -2.20. The Morgan fingerprint density at radius 3 is 2.50 bits per heavy atom. The number of nitrogens with one attached hydrogen (secondary N) is 2. The summed E-state index contributed by atoms with van der Waals surface area (Å²) in [4.78, 5) is 25.9. The molecule has 0 aliphatic carbocycles. The molecule has 0 aromatic heterocycles. The fourth-order valence-corrected chi connectivity index (χ4v) is 3.36. The first-order chi connectivity index (χ1) is 12.4. The Morgan fingerprint density at radius 2 is 1.88 bits per heavy atom. The van der Waals surface area contributed by atoms with E-state index in [1.807, 2.05) is 36.4 Å². The molecule has 1 atom stereocenters. The van der Waals surface area contributed by atoms with Crippen molar-refractivity contribution >= 4 is 56.4 Å². The molecule has 1 heterocycles. The van der Waals surface area contributed by atoms with Gasteiger partial charge >= 0.3 is 0 Å². The number of carbonyl (C=O) groups excluding carboxylic acids is 2. The van der Waals surface area contributed by atoms with Crippen molar-refractivity contribution in [3.63, 3.8) is 0 Å². The monoisotopic (exact) mass is 435 g/mol. The molecular formula is C19H19BrClN3O2. The van der Waals surface area contributed by atoms with E-state index in [1.54, 1.807) is 17.9 Å². The van der Waals surface area contributed by atoms with E-state index in [-0.39, 0.29) is 11.8 Å². The molecule has 136 valence electrons. The second kappa shape index (κ2) is 8.10. The van der Waals surface area contributed by atoms with E-state index >= 15 is 0 Å². The number of nitrogens with zero attached hydrogens (tertiary/aromatic N) is 1. The van der Waals surface area contributed by atoms with Crippen molar-refractivity contribution in [1.82, 2.24) is 0 Å². The van der Waals surface area contributed by atoms with Crippen LogP contribution in [-0.2, 0) is 9.59 Å². The smallest absolute Gasteiger partial charge is 0.246 e. The molecule has 7 heteroatoms. The molecule has 0 saturated carbocycles. The van der Waals surface area contributed by atoms with Gasteiger partial charge in [-0.2, -0.15) is 0 Å². The third-order valence-electron chi connectivity index (χ3n) is 4.20. The van der Waals surface area contributed by atoms with Crippen LogP contribution in [0.15, 0.2) is 46.9 Å². The van der Waals surface area contributed by atoms with Crippen LogP contribution < -0.4 is 15.5 Å². The van der Waals surface area contributed by atoms with E-state index in [2.05, 4.69) is 26.6 Å². The van der Waals surface area contributed by atoms with Crippen molar-refractivity contribution in [2.24, 2.45) is 0 Å². The SMILES string of the molecule is C[C@H](Nc1ccc(N2CCCC2=O)c(Cl)c1)C(=O)Nc1ccc(Br)cc1. The Morgan fingerprint density at radius 1 is 1.19 bits per heavy atom. The third kappa shape index (κ3) is 4.37. The zero-order valence-electron chi connectivity index (χ0n) is 14.3. The Hall–Kier alpha value is -2.05. The summed E-state index contributed by atoms with van der Waals surface area (Å²) >= 11 is 9.71. The average Bonchev–Trinajstić information content (AvgIpc) is 3.03. The maximum atomic E-state index is 12.3. The molecule has 3 rings (SSSR count). The summed E-state index contributed by atoms with van der Waals surface area (Å²) in [5.74, 6) is -0.0582. The van der Waals surface area contributed by atoms with Gasteiger partial charge in [0.25, 0.3) is 0 Å². The second-order valence-electron chi connectivity index (χ2n) is 6.18. The van der Waals surface area contributed by atoms with Gasteiger partial charge in [0, 0.05) is 28.8 Å². The van der Waals surface area contributed by atoms with Gasteiger partial charge < -0.3 is 15.5 Å². The van der Waals surface area contributed by atoms with Gasteiger partial charge in [0.05, 0.1) is 10.7 Å². The van der Waals surface area contributed by atoms with E-state index < -0.39 is 6.04 Å². The molecule has 1 aliphatic heterocycles. The summed E-state index contributed by atoms with van der Waals surface area (Å²) in [6, 6.07) is 12.3. The van der Waals surface area contributed by atoms with Gasteiger partial charge in [0.2, 0.25) is 11.8 Å². The van der Waals surface area contributed by atoms with Crippen molar-refractivity contribution in [1.29, 1.82) is 0 Å². The highest BCUT2D eigenvalue weighted by atomic mass is 79.9. The van der Waals surface area contributed by atoms with Crippen LogP contribution >= 0.6 is 27.5 Å². The van der Waals surface area contributed by atoms with Crippen LogP contribution in [0.1, 0.15) is 19.8 Å². The lowest BCUT2D eigenvalue weighted by molar-refractivity contribution is -0.117. The number of rotatable bonds is 5. The molecule has 0 spiro atoms. The van der Waals surface area contributed by atoms with E-state index in [4.69, 9.17) is 11.6 Å². The van der Waals surface area contributed by atoms with Crippen LogP contribution in [-0.4, -0.2) is 24.4 Å². The summed E-state index contributed by atoms with van der Waals surface area (Å²) in [7, 11) is 0. The molecule has 0 radical (unpaired) electrons. The Kier molecular flexibility index (Phi) is 5.84. The Labute approximate surface area is 165 Å². The molecule has 0 unspecified atom stereocenters. The topological polar surface area (TPSA) is 61.4 Å². The lowest BCUT2D eigenvalue weighted by Crippen LogP contribution is -2.31. The number of hydrogen-bond donors (Lipinski definition) is 2. The Balaban J connectivity index is 1.64. The number of benzene rings is 2. The average molecular weight is 437 g/mol. The summed E-state index contributed by atoms with van der Waals surface area (Å²) in [5.41, 5.74) is 2.17. The van der Waals surface area contributed by atoms with Crippen LogP contribution in [0.5, 0.6) is 0 Å². The van der Waals surface area contributed by atoms with Crippen LogP contribution in [0.4, 0.5) is 17.1 Å². The first kappa shape index (κ1) is 18.7. The Bertz CT molecular complexity index is 826. The van der Waals surface area contributed by atoms with Gasteiger partial charge in [0.1, 0.15) is 6.04 Å². The van der Waals surface area contributed by atoms with Gasteiger partial charge in [-0.1, -0.05) is 27.5 Å². The molecule has 2 N–H and O–H groups in total. The predicted octanol–water partition coefficient (Wildman–Crippen LogP) is 4.67. The van der Waals surface area contributed by atoms with Crippen LogP contribution in [0.2, 0.25) is 5.02 Å². The standard InChI is InChI=1S/C19H19BrClN3O2/c1-12(19(26)23-14-6-4-13(20)5-7-14)22-15-8-9-17(16(21)11-15)24-10-2-3-18(24)25/h4-9,11-12,22H,2-3,10H2,1H3,(H,23,26)/t12-/m0/s1. The molecule has 0 bridgehead atoms. The highest BCUT2D eigenvalue weighted by Gasteiger charge is 2.23. The maximum Gasteiger partial charge on any atom is 0.246 e. The van der Waals surface area contributed by atoms with Crippen molar-refractivity contribution in [2.45, 2.75) is 25.8 Å². The van der Waals surface area contributed by atoms with Gasteiger partial charge in [0.15, 0.2) is 0 Å². The van der Waals surface area contributed by atoms with Crippen molar-refractivity contribution in [3.8, 4) is 0 Å². The highest BCUT2D eigenvalue weighted by molar-refractivity contribution is 9.10. The molecule has 1 saturated heterocycles. The zero-order chi connectivity index (χ0) is 18.7. The van der Waals surface area contributed by atoms with E-state index in [0.29, 0.717) is 23.7 Å². The van der Waals surface area contributed by atoms with Crippen LogP contribution in [0.3, 0.4) is 0 Å². The first-order valence-corrected chi connectivity index (χ1v) is 9.54. The maximum absolute atomic E-state index is 12.3. The van der Waals surface area contributed by atoms with Crippen LogP contribution in [0.25, 0.3) is 0 Å². The van der Waals surface area contributed by atoms with Crippen molar-refractivity contribution in [2.75, 3.05) is 22.1 Å². The number of halogens is 2. The normalized spacial score (nSPS) is 15.0. The third-order valence-corrected chi connectivity index (χ3v) is 5.03. The lowest BCUT2D eigenvalue weighted by atomic mass is 10.2. The fourth-order valence-electron chi connectivity index (χ4n) is 2.82.